The Morgan fingerprint density at radius 2 is 1.26 bits per heavy atom. The first kappa shape index (κ1) is 38.9. The van der Waals surface area contributed by atoms with Crippen molar-refractivity contribution in [2.45, 2.75) is 47.1 Å². The van der Waals surface area contributed by atoms with Gasteiger partial charge in [0, 0.05) is 70.8 Å². The highest BCUT2D eigenvalue weighted by molar-refractivity contribution is 6.17. The molecule has 0 bridgehead atoms. The number of amides is 1. The molecule has 1 amide bonds. The SMILES string of the molecule is CC.CCNc1cc2c(cc1C)C1(c3cc(C)c(NCC)cc3O2)c2ccccc2C(=O)N1/N=C/C=Nc1ccc(OC)cc1.COc1ccc(N)cc1. The normalized spacial score (nSPS) is 13.2. The standard InChI is InChI=1S/C35H35N5O3.C7H9NO.C2H6/c1-6-36-30-20-32-28(18-22(30)3)35(29-19-23(4)31(37-7-2)21-33(29)43-32)27-11-9-8-10-26(27)34(41)40(35)39-17-16-38-24-12-14-25(42-5)15-13-24;1-9-7-4-2-6(8)3-5-7;1-2/h8-21,36-37H,6-7H2,1-5H3;2-5H,8H2,1H3;1-2H3/b38-16?,39-17+;;. The monoisotopic (exact) mass is 726 g/mol. The summed E-state index contributed by atoms with van der Waals surface area (Å²) in [5.41, 5.74) is 13.1. The number of fused-ring (bicyclic) bond motifs is 6. The minimum absolute atomic E-state index is 0.190. The van der Waals surface area contributed by atoms with Crippen LogP contribution in [0.3, 0.4) is 0 Å². The van der Waals surface area contributed by atoms with Gasteiger partial charge in [0.05, 0.1) is 26.1 Å². The number of aryl methyl sites for hydroxylation is 2. The number of nitrogens with two attached hydrogens (primary N) is 1. The van der Waals surface area contributed by atoms with Crippen LogP contribution in [0.5, 0.6) is 23.0 Å². The van der Waals surface area contributed by atoms with E-state index in [4.69, 9.17) is 25.0 Å². The largest absolute Gasteiger partial charge is 0.497 e. The zero-order valence-corrected chi connectivity index (χ0v) is 32.4. The summed E-state index contributed by atoms with van der Waals surface area (Å²) in [5, 5.41) is 13.3. The second kappa shape index (κ2) is 17.5. The molecule has 0 atom stereocenters. The number of nitrogens with one attached hydrogen (secondary N) is 2. The van der Waals surface area contributed by atoms with Gasteiger partial charge in [0.2, 0.25) is 0 Å². The summed E-state index contributed by atoms with van der Waals surface area (Å²) in [7, 11) is 3.26. The molecule has 2 heterocycles. The maximum Gasteiger partial charge on any atom is 0.275 e. The summed E-state index contributed by atoms with van der Waals surface area (Å²) in [6, 6.07) is 30.7. The quantitative estimate of drug-likeness (QED) is 0.102. The lowest BCUT2D eigenvalue weighted by Gasteiger charge is -2.42. The summed E-state index contributed by atoms with van der Waals surface area (Å²) in [4.78, 5) is 18.7. The highest BCUT2D eigenvalue weighted by Crippen LogP contribution is 2.58. The van der Waals surface area contributed by atoms with Gasteiger partial charge in [-0.15, -0.1) is 0 Å². The van der Waals surface area contributed by atoms with Crippen LogP contribution in [0, 0.1) is 13.8 Å². The number of hydrogen-bond acceptors (Lipinski definition) is 9. The summed E-state index contributed by atoms with van der Waals surface area (Å²) in [6.07, 6.45) is 3.18. The van der Waals surface area contributed by atoms with E-state index in [1.807, 2.05) is 86.6 Å². The van der Waals surface area contributed by atoms with Crippen LogP contribution in [-0.4, -0.2) is 50.7 Å². The lowest BCUT2D eigenvalue weighted by Crippen LogP contribution is -2.44. The molecule has 0 aliphatic carbocycles. The van der Waals surface area contributed by atoms with Gasteiger partial charge in [0.25, 0.3) is 5.91 Å². The van der Waals surface area contributed by atoms with Crippen molar-refractivity contribution in [1.29, 1.82) is 0 Å². The van der Waals surface area contributed by atoms with E-state index in [9.17, 15) is 4.79 Å². The predicted molar refractivity (Wildman–Crippen MR) is 222 cm³/mol. The zero-order valence-electron chi connectivity index (χ0n) is 32.4. The van der Waals surface area contributed by atoms with Crippen LogP contribution in [0.2, 0.25) is 0 Å². The molecule has 1 spiro atoms. The van der Waals surface area contributed by atoms with Crippen molar-refractivity contribution in [2.24, 2.45) is 10.1 Å². The van der Waals surface area contributed by atoms with Crippen molar-refractivity contribution in [3.8, 4) is 23.0 Å². The molecule has 2 aliphatic heterocycles. The summed E-state index contributed by atoms with van der Waals surface area (Å²) in [6.45, 7) is 13.8. The minimum Gasteiger partial charge on any atom is -0.497 e. The third-order valence-corrected chi connectivity index (χ3v) is 9.11. The molecule has 0 aromatic heterocycles. The Labute approximate surface area is 318 Å². The van der Waals surface area contributed by atoms with Crippen LogP contribution in [-0.2, 0) is 5.54 Å². The lowest BCUT2D eigenvalue weighted by molar-refractivity contribution is 0.0675. The van der Waals surface area contributed by atoms with Crippen LogP contribution < -0.4 is 30.6 Å². The van der Waals surface area contributed by atoms with E-state index < -0.39 is 5.54 Å². The van der Waals surface area contributed by atoms with Crippen molar-refractivity contribution in [3.63, 3.8) is 0 Å². The van der Waals surface area contributed by atoms with Crippen molar-refractivity contribution < 1.29 is 19.0 Å². The second-order valence-electron chi connectivity index (χ2n) is 12.4. The zero-order chi connectivity index (χ0) is 38.8. The number of benzene rings is 5. The van der Waals surface area contributed by atoms with Gasteiger partial charge >= 0.3 is 0 Å². The van der Waals surface area contributed by atoms with Crippen molar-refractivity contribution >= 4 is 41.1 Å². The summed E-state index contributed by atoms with van der Waals surface area (Å²) >= 11 is 0. The van der Waals surface area contributed by atoms with Crippen LogP contribution in [0.15, 0.2) is 107 Å². The molecule has 5 aromatic rings. The number of methoxy groups -OCH3 is 2. The Kier molecular flexibility index (Phi) is 12.6. The molecule has 280 valence electrons. The molecule has 5 aromatic carbocycles. The summed E-state index contributed by atoms with van der Waals surface area (Å²) < 4.78 is 16.8. The van der Waals surface area contributed by atoms with E-state index in [1.165, 1.54) is 0 Å². The number of ether oxygens (including phenoxy) is 3. The molecule has 0 fully saturated rings. The van der Waals surface area contributed by atoms with E-state index in [2.05, 4.69) is 55.5 Å². The van der Waals surface area contributed by atoms with Crippen LogP contribution in [0.1, 0.15) is 65.9 Å². The fraction of sp³-hybridized carbons (Fsp3) is 0.250. The maximum absolute atomic E-state index is 14.2. The number of rotatable bonds is 9. The van der Waals surface area contributed by atoms with Gasteiger partial charge in [-0.25, -0.2) is 5.01 Å². The second-order valence-corrected chi connectivity index (χ2v) is 12.4. The van der Waals surface area contributed by atoms with Gasteiger partial charge < -0.3 is 30.6 Å². The fourth-order valence-corrected chi connectivity index (χ4v) is 6.65. The van der Waals surface area contributed by atoms with Gasteiger partial charge in [-0.1, -0.05) is 32.0 Å². The smallest absolute Gasteiger partial charge is 0.275 e. The molecule has 7 rings (SSSR count). The topological polar surface area (TPSA) is 123 Å². The third-order valence-electron chi connectivity index (χ3n) is 9.11. The van der Waals surface area contributed by atoms with Gasteiger partial charge in [-0.2, -0.15) is 5.10 Å². The average Bonchev–Trinajstić information content (AvgIpc) is 3.44. The Morgan fingerprint density at radius 3 is 1.78 bits per heavy atom. The van der Waals surface area contributed by atoms with E-state index in [0.29, 0.717) is 17.1 Å². The molecule has 54 heavy (non-hydrogen) atoms. The van der Waals surface area contributed by atoms with Crippen molar-refractivity contribution in [1.82, 2.24) is 5.01 Å². The number of nitrogens with zero attached hydrogens (tertiary/aromatic N) is 3. The fourth-order valence-electron chi connectivity index (χ4n) is 6.65. The van der Waals surface area contributed by atoms with E-state index in [0.717, 1.165) is 75.2 Å². The number of carbonyl (C=O) groups excluding carboxylic acids is 1. The van der Waals surface area contributed by atoms with Gasteiger partial charge in [-0.05, 0) is 106 Å². The molecule has 0 saturated carbocycles. The number of hydrogen-bond donors (Lipinski definition) is 3. The van der Waals surface area contributed by atoms with Crippen LogP contribution >= 0.6 is 0 Å². The Bertz CT molecular complexity index is 2070. The minimum atomic E-state index is -1.05. The molecule has 0 saturated heterocycles. The highest BCUT2D eigenvalue weighted by Gasteiger charge is 2.57. The Balaban J connectivity index is 0.000000443. The molecule has 10 nitrogen and oxygen atoms in total. The molecule has 0 unspecified atom stereocenters. The summed E-state index contributed by atoms with van der Waals surface area (Å²) in [5.74, 6) is 2.76. The Hall–Kier alpha value is -6.29. The van der Waals surface area contributed by atoms with E-state index >= 15 is 0 Å². The Morgan fingerprint density at radius 1 is 0.741 bits per heavy atom. The maximum atomic E-state index is 14.2. The number of hydrazone groups is 1. The molecular formula is C44H50N6O4. The van der Waals surface area contributed by atoms with Crippen LogP contribution in [0.25, 0.3) is 0 Å². The predicted octanol–water partition coefficient (Wildman–Crippen LogP) is 9.72. The number of carbonyl (C=O) groups is 1. The molecule has 10 heteroatoms. The number of nitrogen functional groups attached to an aromatic ring is 1. The first-order valence-corrected chi connectivity index (χ1v) is 18.2. The van der Waals surface area contributed by atoms with Crippen molar-refractivity contribution in [2.75, 3.05) is 43.7 Å². The van der Waals surface area contributed by atoms with Crippen molar-refractivity contribution in [3.05, 3.63) is 130 Å². The first-order valence-electron chi connectivity index (χ1n) is 18.2. The molecular weight excluding hydrogens is 677 g/mol. The number of anilines is 3. The number of aliphatic imine (C=N–C) groups is 1. The molecule has 4 N–H and O–H groups in total. The molecule has 2 aliphatic rings. The van der Waals surface area contributed by atoms with E-state index in [1.54, 1.807) is 43.8 Å². The average molecular weight is 727 g/mol. The lowest BCUT2D eigenvalue weighted by atomic mass is 9.74. The third kappa shape index (κ3) is 7.59. The van der Waals surface area contributed by atoms with E-state index in [-0.39, 0.29) is 5.91 Å². The molecule has 0 radical (unpaired) electrons. The van der Waals surface area contributed by atoms with Gasteiger partial charge in [0.15, 0.2) is 0 Å². The highest BCUT2D eigenvalue weighted by atomic mass is 16.5. The first-order chi connectivity index (χ1) is 26.2. The van der Waals surface area contributed by atoms with Gasteiger partial charge in [-0.3, -0.25) is 9.79 Å². The van der Waals surface area contributed by atoms with Gasteiger partial charge in [0.1, 0.15) is 28.5 Å². The van der Waals surface area contributed by atoms with Crippen LogP contribution in [0.4, 0.5) is 22.7 Å².